The van der Waals surface area contributed by atoms with Crippen LogP contribution >= 0.6 is 11.6 Å². The van der Waals surface area contributed by atoms with Crippen molar-refractivity contribution in [3.63, 3.8) is 0 Å². The van der Waals surface area contributed by atoms with Crippen LogP contribution in [0.2, 0.25) is 5.02 Å². The minimum Gasteiger partial charge on any atom is -0.263 e. The van der Waals surface area contributed by atoms with Crippen LogP contribution < -0.4 is 4.72 Å². The summed E-state index contributed by atoms with van der Waals surface area (Å²) in [6, 6.07) is 4.70. The number of nitriles is 1. The van der Waals surface area contributed by atoms with Gasteiger partial charge in [0.15, 0.2) is 5.82 Å². The minimum absolute atomic E-state index is 0.0103. The second-order valence-corrected chi connectivity index (χ2v) is 5.51. The molecule has 9 heteroatoms. The van der Waals surface area contributed by atoms with E-state index in [4.69, 9.17) is 16.9 Å². The summed E-state index contributed by atoms with van der Waals surface area (Å²) in [7, 11) is -4.11. The Bertz CT molecular complexity index is 766. The van der Waals surface area contributed by atoms with Crippen LogP contribution in [0.5, 0.6) is 0 Å². The monoisotopic (exact) mass is 300 g/mol. The molecule has 1 heterocycles. The molecule has 2 rings (SSSR count). The summed E-state index contributed by atoms with van der Waals surface area (Å²) in [5.74, 6) is -0.849. The number of aromatic nitrogens is 2. The predicted molar refractivity (Wildman–Crippen MR) is 65.5 cm³/mol. The molecule has 0 spiro atoms. The highest BCUT2D eigenvalue weighted by atomic mass is 35.5. The van der Waals surface area contributed by atoms with Crippen LogP contribution in [0, 0.1) is 17.1 Å². The zero-order valence-electron chi connectivity index (χ0n) is 9.18. The summed E-state index contributed by atoms with van der Waals surface area (Å²) in [6.07, 6.45) is 1.16. The summed E-state index contributed by atoms with van der Waals surface area (Å²) in [5, 5.41) is 14.5. The maximum atomic E-state index is 13.1. The summed E-state index contributed by atoms with van der Waals surface area (Å²) in [6.45, 7) is 0. The standard InChI is InChI=1S/C10H6ClFN4O2S/c11-8-2-1-7(12)3-9(8)19(17,18)16-10-6(4-13)5-14-15-10/h1-3,5H,(H2,14,15,16). The third-order valence-electron chi connectivity index (χ3n) is 2.18. The Labute approximate surface area is 112 Å². The predicted octanol–water partition coefficient (Wildman–Crippen LogP) is 1.87. The molecule has 6 nitrogen and oxygen atoms in total. The second-order valence-electron chi connectivity index (χ2n) is 3.45. The van der Waals surface area contributed by atoms with Gasteiger partial charge in [-0.2, -0.15) is 10.4 Å². The lowest BCUT2D eigenvalue weighted by atomic mass is 10.3. The van der Waals surface area contributed by atoms with Crippen molar-refractivity contribution in [2.75, 3.05) is 4.72 Å². The van der Waals surface area contributed by atoms with Crippen molar-refractivity contribution >= 4 is 27.4 Å². The van der Waals surface area contributed by atoms with Gasteiger partial charge in [-0.25, -0.2) is 12.8 Å². The first-order chi connectivity index (χ1) is 8.94. The zero-order valence-corrected chi connectivity index (χ0v) is 10.8. The van der Waals surface area contributed by atoms with E-state index in [0.29, 0.717) is 0 Å². The molecular weight excluding hydrogens is 295 g/mol. The van der Waals surface area contributed by atoms with Gasteiger partial charge >= 0.3 is 0 Å². The average Bonchev–Trinajstić information content (AvgIpc) is 2.78. The minimum atomic E-state index is -4.11. The first kappa shape index (κ1) is 13.3. The largest absolute Gasteiger partial charge is 0.264 e. The molecule has 98 valence electrons. The Balaban J connectivity index is 2.44. The summed E-state index contributed by atoms with van der Waals surface area (Å²) >= 11 is 5.72. The fourth-order valence-electron chi connectivity index (χ4n) is 1.32. The highest BCUT2D eigenvalue weighted by molar-refractivity contribution is 7.92. The number of benzene rings is 1. The molecule has 1 aromatic carbocycles. The van der Waals surface area contributed by atoms with Gasteiger partial charge in [0.1, 0.15) is 22.3 Å². The van der Waals surface area contributed by atoms with Crippen molar-refractivity contribution in [2.24, 2.45) is 0 Å². The number of aromatic amines is 1. The third-order valence-corrected chi connectivity index (χ3v) is 4.01. The number of rotatable bonds is 3. The average molecular weight is 301 g/mol. The maximum absolute atomic E-state index is 13.1. The third kappa shape index (κ3) is 2.67. The number of anilines is 1. The van der Waals surface area contributed by atoms with Gasteiger partial charge in [0.2, 0.25) is 0 Å². The van der Waals surface area contributed by atoms with Crippen molar-refractivity contribution in [2.45, 2.75) is 4.90 Å². The molecule has 0 radical (unpaired) electrons. The number of hydrogen-bond donors (Lipinski definition) is 2. The maximum Gasteiger partial charge on any atom is 0.264 e. The molecule has 0 saturated carbocycles. The van der Waals surface area contributed by atoms with E-state index in [1.807, 2.05) is 0 Å². The molecular formula is C10H6ClFN4O2S. The lowest BCUT2D eigenvalue weighted by Gasteiger charge is -2.08. The van der Waals surface area contributed by atoms with Crippen LogP contribution in [0.3, 0.4) is 0 Å². The number of halogens is 2. The molecule has 19 heavy (non-hydrogen) atoms. The zero-order chi connectivity index (χ0) is 14.0. The van der Waals surface area contributed by atoms with Gasteiger partial charge in [0.25, 0.3) is 10.0 Å². The fraction of sp³-hybridized carbons (Fsp3) is 0. The van der Waals surface area contributed by atoms with E-state index >= 15 is 0 Å². The second kappa shape index (κ2) is 4.87. The van der Waals surface area contributed by atoms with Gasteiger partial charge in [-0.1, -0.05) is 11.6 Å². The van der Waals surface area contributed by atoms with E-state index in [0.717, 1.165) is 24.4 Å². The number of hydrogen-bond acceptors (Lipinski definition) is 4. The molecule has 0 saturated heterocycles. The smallest absolute Gasteiger partial charge is 0.263 e. The first-order valence-corrected chi connectivity index (χ1v) is 6.71. The molecule has 0 aliphatic heterocycles. The normalized spacial score (nSPS) is 11.0. The van der Waals surface area contributed by atoms with Crippen molar-refractivity contribution in [1.29, 1.82) is 5.26 Å². The Hall–Kier alpha value is -2.11. The van der Waals surface area contributed by atoms with Crippen molar-refractivity contribution in [3.8, 4) is 6.07 Å². The van der Waals surface area contributed by atoms with Gasteiger partial charge in [-0.3, -0.25) is 9.82 Å². The molecule has 0 amide bonds. The summed E-state index contributed by atoms with van der Waals surface area (Å²) in [4.78, 5) is -0.423. The number of nitrogens with zero attached hydrogens (tertiary/aromatic N) is 2. The lowest BCUT2D eigenvalue weighted by molar-refractivity contribution is 0.595. The number of sulfonamides is 1. The van der Waals surface area contributed by atoms with Gasteiger partial charge in [-0.05, 0) is 18.2 Å². The Kier molecular flexibility index (Phi) is 3.42. The molecule has 2 aromatic rings. The Morgan fingerprint density at radius 3 is 2.89 bits per heavy atom. The van der Waals surface area contributed by atoms with Crippen molar-refractivity contribution < 1.29 is 12.8 Å². The van der Waals surface area contributed by atoms with E-state index in [2.05, 4.69) is 14.9 Å². The van der Waals surface area contributed by atoms with Gasteiger partial charge in [0, 0.05) is 0 Å². The molecule has 0 aliphatic carbocycles. The molecule has 0 fully saturated rings. The van der Waals surface area contributed by atoms with Crippen LogP contribution in [-0.2, 0) is 10.0 Å². The van der Waals surface area contributed by atoms with E-state index in [1.54, 1.807) is 6.07 Å². The van der Waals surface area contributed by atoms with Gasteiger partial charge < -0.3 is 0 Å². The van der Waals surface area contributed by atoms with Crippen LogP contribution in [0.15, 0.2) is 29.3 Å². The van der Waals surface area contributed by atoms with Crippen molar-refractivity contribution in [1.82, 2.24) is 10.2 Å². The lowest BCUT2D eigenvalue weighted by Crippen LogP contribution is -2.14. The molecule has 1 aromatic heterocycles. The number of nitrogens with one attached hydrogen (secondary N) is 2. The van der Waals surface area contributed by atoms with E-state index in [9.17, 15) is 12.8 Å². The Morgan fingerprint density at radius 2 is 2.21 bits per heavy atom. The molecule has 0 aliphatic rings. The first-order valence-electron chi connectivity index (χ1n) is 4.85. The highest BCUT2D eigenvalue weighted by Crippen LogP contribution is 2.24. The van der Waals surface area contributed by atoms with Crippen LogP contribution in [0.4, 0.5) is 10.2 Å². The molecule has 0 unspecified atom stereocenters. The topological polar surface area (TPSA) is 98.6 Å². The highest BCUT2D eigenvalue weighted by Gasteiger charge is 2.21. The van der Waals surface area contributed by atoms with Crippen molar-refractivity contribution in [3.05, 3.63) is 40.8 Å². The summed E-state index contributed by atoms with van der Waals surface area (Å²) in [5.41, 5.74) is 0.0103. The molecule has 0 bridgehead atoms. The van der Waals surface area contributed by atoms with E-state index in [1.165, 1.54) is 0 Å². The van der Waals surface area contributed by atoms with Crippen LogP contribution in [0.1, 0.15) is 5.56 Å². The van der Waals surface area contributed by atoms with E-state index < -0.39 is 20.7 Å². The molecule has 2 N–H and O–H groups in total. The quantitative estimate of drug-likeness (QED) is 0.904. The molecule has 0 atom stereocenters. The number of H-pyrrole nitrogens is 1. The van der Waals surface area contributed by atoms with Crippen LogP contribution in [-0.4, -0.2) is 18.6 Å². The van der Waals surface area contributed by atoms with Gasteiger partial charge in [-0.15, -0.1) is 0 Å². The van der Waals surface area contributed by atoms with Gasteiger partial charge in [0.05, 0.1) is 11.2 Å². The van der Waals surface area contributed by atoms with Crippen LogP contribution in [0.25, 0.3) is 0 Å². The Morgan fingerprint density at radius 1 is 1.47 bits per heavy atom. The van der Waals surface area contributed by atoms with E-state index in [-0.39, 0.29) is 16.4 Å². The SMILES string of the molecule is N#Cc1cn[nH]c1NS(=O)(=O)c1cc(F)ccc1Cl. The fourth-order valence-corrected chi connectivity index (χ4v) is 2.87. The summed E-state index contributed by atoms with van der Waals surface area (Å²) < 4.78 is 39.2.